The summed E-state index contributed by atoms with van der Waals surface area (Å²) in [5, 5.41) is 24.3. The van der Waals surface area contributed by atoms with Crippen LogP contribution in [0.15, 0.2) is 96.6 Å². The standard InChI is InChI=1S/C36H24Cl2FN3O7/c37-35-17-26-24(13-14-25-28(26)32(45)40(31(25)44)21-5-3-6-22(16-21)42(48)49)30(29-23-7-2-1-4-18(23)8-15-27(29)43)36(35,38)34(47)41(33(35)46)20-11-9-19(39)10-12-20/h1-13,15-16,25-26,28,30,43H,14,17H2. The number of carbonyl (C=O) groups is 4. The van der Waals surface area contributed by atoms with Crippen LogP contribution in [0, 0.1) is 33.7 Å². The number of hydrogen-bond donors (Lipinski definition) is 1. The second-order valence-electron chi connectivity index (χ2n) is 12.8. The van der Waals surface area contributed by atoms with Gasteiger partial charge in [-0.1, -0.05) is 48.0 Å². The molecule has 6 atom stereocenters. The third-order valence-corrected chi connectivity index (χ3v) is 11.8. The van der Waals surface area contributed by atoms with Crippen molar-refractivity contribution in [3.8, 4) is 5.75 Å². The summed E-state index contributed by atoms with van der Waals surface area (Å²) in [5.74, 6) is -7.92. The highest BCUT2D eigenvalue weighted by molar-refractivity contribution is 6.58. The molecule has 1 saturated carbocycles. The van der Waals surface area contributed by atoms with E-state index < -0.39 is 67.8 Å². The van der Waals surface area contributed by atoms with Crippen LogP contribution in [-0.2, 0) is 19.2 Å². The fourth-order valence-electron chi connectivity index (χ4n) is 8.30. The fourth-order valence-corrected chi connectivity index (χ4v) is 9.22. The molecule has 0 radical (unpaired) electrons. The molecule has 0 spiro atoms. The number of phenols is 1. The van der Waals surface area contributed by atoms with Gasteiger partial charge in [-0.2, -0.15) is 0 Å². The van der Waals surface area contributed by atoms with Gasteiger partial charge in [0.2, 0.25) is 11.8 Å². The third-order valence-electron chi connectivity index (χ3n) is 10.4. The monoisotopic (exact) mass is 699 g/mol. The predicted molar refractivity (Wildman–Crippen MR) is 178 cm³/mol. The number of rotatable bonds is 4. The van der Waals surface area contributed by atoms with Crippen molar-refractivity contribution in [3.05, 3.63) is 118 Å². The van der Waals surface area contributed by atoms with Gasteiger partial charge in [-0.05, 0) is 65.9 Å². The zero-order chi connectivity index (χ0) is 34.6. The Labute approximate surface area is 287 Å². The van der Waals surface area contributed by atoms with Crippen LogP contribution in [0.25, 0.3) is 10.8 Å². The molecule has 2 heterocycles. The van der Waals surface area contributed by atoms with Crippen molar-refractivity contribution in [2.24, 2.45) is 17.8 Å². The number of benzene rings is 4. The van der Waals surface area contributed by atoms with E-state index >= 15 is 0 Å². The van der Waals surface area contributed by atoms with Crippen molar-refractivity contribution < 1.29 is 33.6 Å². The van der Waals surface area contributed by atoms with E-state index in [0.717, 1.165) is 28.0 Å². The van der Waals surface area contributed by atoms with Gasteiger partial charge in [-0.25, -0.2) is 14.2 Å². The number of halogens is 3. The number of aromatic hydroxyl groups is 1. The number of alkyl halides is 2. The zero-order valence-corrected chi connectivity index (χ0v) is 26.8. The molecule has 6 unspecified atom stereocenters. The van der Waals surface area contributed by atoms with Crippen molar-refractivity contribution in [2.75, 3.05) is 9.80 Å². The van der Waals surface area contributed by atoms with E-state index in [4.69, 9.17) is 23.2 Å². The number of anilines is 2. The van der Waals surface area contributed by atoms with Crippen LogP contribution in [-0.4, -0.2) is 43.4 Å². The molecule has 10 nitrogen and oxygen atoms in total. The van der Waals surface area contributed by atoms with Crippen LogP contribution in [0.2, 0.25) is 0 Å². The number of imide groups is 2. The van der Waals surface area contributed by atoms with Gasteiger partial charge in [0.1, 0.15) is 11.6 Å². The number of non-ortho nitro benzene ring substituents is 1. The minimum atomic E-state index is -2.23. The van der Waals surface area contributed by atoms with Crippen molar-refractivity contribution in [1.29, 1.82) is 0 Å². The van der Waals surface area contributed by atoms with Gasteiger partial charge < -0.3 is 5.11 Å². The summed E-state index contributed by atoms with van der Waals surface area (Å²) in [6, 6.07) is 20.1. The van der Waals surface area contributed by atoms with E-state index in [0.29, 0.717) is 16.3 Å². The Morgan fingerprint density at radius 2 is 1.57 bits per heavy atom. The molecule has 4 aromatic carbocycles. The smallest absolute Gasteiger partial charge is 0.271 e. The summed E-state index contributed by atoms with van der Waals surface area (Å²) in [6.07, 6.45) is 1.47. The quantitative estimate of drug-likeness (QED) is 0.0860. The minimum absolute atomic E-state index is 0.0288. The van der Waals surface area contributed by atoms with Crippen LogP contribution in [0.1, 0.15) is 24.3 Å². The molecule has 2 saturated heterocycles. The number of nitro benzene ring substituents is 1. The van der Waals surface area contributed by atoms with E-state index in [-0.39, 0.29) is 41.2 Å². The minimum Gasteiger partial charge on any atom is -0.508 e. The predicted octanol–water partition coefficient (Wildman–Crippen LogP) is 6.36. The van der Waals surface area contributed by atoms with Crippen molar-refractivity contribution in [1.82, 2.24) is 0 Å². The average molecular weight is 701 g/mol. The highest BCUT2D eigenvalue weighted by Gasteiger charge is 2.77. The summed E-state index contributed by atoms with van der Waals surface area (Å²) in [4.78, 5) is 65.5. The number of phenolic OH excluding ortho intramolecular Hbond substituents is 1. The maximum absolute atomic E-state index is 14.6. The summed E-state index contributed by atoms with van der Waals surface area (Å²) >= 11 is 14.9. The van der Waals surface area contributed by atoms with Crippen LogP contribution in [0.3, 0.4) is 0 Å². The first kappa shape index (κ1) is 31.2. The fraction of sp³-hybridized carbons (Fsp3) is 0.222. The molecule has 246 valence electrons. The molecule has 8 rings (SSSR count). The first-order chi connectivity index (χ1) is 23.4. The summed E-state index contributed by atoms with van der Waals surface area (Å²) in [7, 11) is 0. The van der Waals surface area contributed by atoms with Crippen LogP contribution < -0.4 is 9.80 Å². The summed E-state index contributed by atoms with van der Waals surface area (Å²) in [5.41, 5.74) is 0.440. The molecule has 4 amide bonds. The maximum atomic E-state index is 14.6. The van der Waals surface area contributed by atoms with E-state index in [1.807, 2.05) is 0 Å². The Morgan fingerprint density at radius 3 is 2.31 bits per heavy atom. The number of allylic oxidation sites excluding steroid dienone is 2. The Bertz CT molecular complexity index is 2210. The number of fused-ring (bicyclic) bond motifs is 5. The Hall–Kier alpha value is -5.13. The first-order valence-electron chi connectivity index (χ1n) is 15.4. The maximum Gasteiger partial charge on any atom is 0.271 e. The number of nitrogens with zero attached hydrogens (tertiary/aromatic N) is 3. The van der Waals surface area contributed by atoms with E-state index in [1.165, 1.54) is 36.4 Å². The van der Waals surface area contributed by atoms with Gasteiger partial charge in [0.15, 0.2) is 9.75 Å². The number of amides is 4. The largest absolute Gasteiger partial charge is 0.508 e. The lowest BCUT2D eigenvalue weighted by Gasteiger charge is -2.51. The molecule has 13 heteroatoms. The molecular weight excluding hydrogens is 676 g/mol. The van der Waals surface area contributed by atoms with Gasteiger partial charge in [-0.3, -0.25) is 29.3 Å². The Kier molecular flexibility index (Phi) is 6.79. The normalized spacial score (nSPS) is 29.2. The van der Waals surface area contributed by atoms with Gasteiger partial charge in [-0.15, -0.1) is 23.2 Å². The van der Waals surface area contributed by atoms with Gasteiger partial charge >= 0.3 is 0 Å². The van der Waals surface area contributed by atoms with E-state index in [9.17, 15) is 38.8 Å². The molecule has 0 bridgehead atoms. The molecule has 2 aliphatic heterocycles. The molecule has 49 heavy (non-hydrogen) atoms. The zero-order valence-electron chi connectivity index (χ0n) is 25.3. The number of hydrogen-bond acceptors (Lipinski definition) is 7. The van der Waals surface area contributed by atoms with Crippen LogP contribution in [0.4, 0.5) is 21.5 Å². The molecule has 3 fully saturated rings. The SMILES string of the molecule is O=C1C2CC=C3C(CC4(Cl)C(=O)N(c5ccc(F)cc5)C(=O)C4(Cl)C3c3c(O)ccc4ccccc34)C2C(=O)N1c1cccc([N+](=O)[O-])c1. The van der Waals surface area contributed by atoms with Gasteiger partial charge in [0, 0.05) is 23.6 Å². The topological polar surface area (TPSA) is 138 Å². The molecule has 4 aromatic rings. The summed E-state index contributed by atoms with van der Waals surface area (Å²) in [6.45, 7) is 0. The van der Waals surface area contributed by atoms with Gasteiger partial charge in [0.25, 0.3) is 17.5 Å². The Balaban J connectivity index is 1.33. The average Bonchev–Trinajstić information content (AvgIpc) is 3.43. The second kappa shape index (κ2) is 10.7. The molecule has 2 aliphatic carbocycles. The van der Waals surface area contributed by atoms with Gasteiger partial charge in [0.05, 0.1) is 28.1 Å². The first-order valence-corrected chi connectivity index (χ1v) is 16.2. The highest BCUT2D eigenvalue weighted by Crippen LogP contribution is 2.67. The lowest BCUT2D eigenvalue weighted by atomic mass is 9.56. The number of carbonyl (C=O) groups excluding carboxylic acids is 4. The molecule has 0 aromatic heterocycles. The highest BCUT2D eigenvalue weighted by atomic mass is 35.5. The van der Waals surface area contributed by atoms with E-state index in [2.05, 4.69) is 0 Å². The third kappa shape index (κ3) is 4.12. The van der Waals surface area contributed by atoms with Crippen LogP contribution in [0.5, 0.6) is 5.75 Å². The lowest BCUT2D eigenvalue weighted by molar-refractivity contribution is -0.384. The van der Waals surface area contributed by atoms with E-state index in [1.54, 1.807) is 36.4 Å². The molecule has 4 aliphatic rings. The second-order valence-corrected chi connectivity index (χ2v) is 14.0. The summed E-state index contributed by atoms with van der Waals surface area (Å²) < 4.78 is 13.9. The Morgan fingerprint density at radius 1 is 0.837 bits per heavy atom. The molecule has 1 N–H and O–H groups in total. The van der Waals surface area contributed by atoms with Crippen molar-refractivity contribution >= 4 is 74.7 Å². The number of nitro groups is 1. The van der Waals surface area contributed by atoms with Crippen LogP contribution >= 0.6 is 23.2 Å². The van der Waals surface area contributed by atoms with Crippen molar-refractivity contribution in [3.63, 3.8) is 0 Å². The van der Waals surface area contributed by atoms with Crippen molar-refractivity contribution in [2.45, 2.75) is 28.5 Å². The lowest BCUT2D eigenvalue weighted by Crippen LogP contribution is -2.60. The molecular formula is C36H24Cl2FN3O7.